The van der Waals surface area contributed by atoms with Crippen LogP contribution in [0.4, 0.5) is 5.69 Å². The third-order valence-corrected chi connectivity index (χ3v) is 3.91. The number of benzene rings is 1. The highest BCUT2D eigenvalue weighted by atomic mass is 16.5. The predicted octanol–water partition coefficient (Wildman–Crippen LogP) is 0.675. The van der Waals surface area contributed by atoms with Crippen molar-refractivity contribution < 1.29 is 29.3 Å². The molecule has 0 radical (unpaired) electrons. The number of anilines is 1. The number of carboxylic acids is 1. The van der Waals surface area contributed by atoms with E-state index in [1.165, 1.54) is 18.1 Å². The molecule has 1 heterocycles. The highest BCUT2D eigenvalue weighted by Gasteiger charge is 2.35. The predicted molar refractivity (Wildman–Crippen MR) is 89.2 cm³/mol. The SMILES string of the molecule is COC(=O)C1=C(Nc2c(C)cc(C)cc2C(=O)O)C(=O)N(CCO)C1. The lowest BCUT2D eigenvalue weighted by molar-refractivity contribution is -0.136. The highest BCUT2D eigenvalue weighted by Crippen LogP contribution is 2.28. The lowest BCUT2D eigenvalue weighted by Crippen LogP contribution is -2.31. The average molecular weight is 348 g/mol. The molecule has 0 aromatic heterocycles. The molecule has 8 heteroatoms. The maximum absolute atomic E-state index is 12.5. The van der Waals surface area contributed by atoms with Gasteiger partial charge in [-0.05, 0) is 31.0 Å². The molecule has 0 saturated heterocycles. The summed E-state index contributed by atoms with van der Waals surface area (Å²) in [5, 5.41) is 21.3. The Balaban J connectivity index is 2.51. The van der Waals surface area contributed by atoms with Crippen molar-refractivity contribution in [2.24, 2.45) is 0 Å². The van der Waals surface area contributed by atoms with Gasteiger partial charge in [-0.3, -0.25) is 4.79 Å². The molecular weight excluding hydrogens is 328 g/mol. The first-order valence-electron chi connectivity index (χ1n) is 7.63. The number of amides is 1. The van der Waals surface area contributed by atoms with E-state index in [1.807, 2.05) is 0 Å². The second kappa shape index (κ2) is 7.35. The van der Waals surface area contributed by atoms with Gasteiger partial charge in [0.05, 0.1) is 37.1 Å². The Morgan fingerprint density at radius 2 is 2.00 bits per heavy atom. The van der Waals surface area contributed by atoms with E-state index in [2.05, 4.69) is 5.32 Å². The summed E-state index contributed by atoms with van der Waals surface area (Å²) in [4.78, 5) is 37.4. The fourth-order valence-electron chi connectivity index (χ4n) is 2.78. The van der Waals surface area contributed by atoms with Crippen LogP contribution in [0, 0.1) is 13.8 Å². The highest BCUT2D eigenvalue weighted by molar-refractivity contribution is 6.09. The number of hydrogen-bond acceptors (Lipinski definition) is 6. The number of nitrogens with one attached hydrogen (secondary N) is 1. The van der Waals surface area contributed by atoms with Crippen molar-refractivity contribution in [2.45, 2.75) is 13.8 Å². The second-order valence-corrected chi connectivity index (χ2v) is 5.73. The van der Waals surface area contributed by atoms with Crippen LogP contribution in [-0.2, 0) is 14.3 Å². The number of ether oxygens (including phenoxy) is 1. The normalized spacial score (nSPS) is 14.1. The molecule has 0 unspecified atom stereocenters. The molecule has 0 fully saturated rings. The maximum atomic E-state index is 12.5. The zero-order chi connectivity index (χ0) is 18.7. The Kier molecular flexibility index (Phi) is 5.43. The topological polar surface area (TPSA) is 116 Å². The number of nitrogens with zero attached hydrogens (tertiary/aromatic N) is 1. The van der Waals surface area contributed by atoms with Crippen molar-refractivity contribution >= 4 is 23.5 Å². The number of carbonyl (C=O) groups excluding carboxylic acids is 2. The Morgan fingerprint density at radius 1 is 1.32 bits per heavy atom. The Bertz CT molecular complexity index is 769. The summed E-state index contributed by atoms with van der Waals surface area (Å²) in [5.41, 5.74) is 1.70. The van der Waals surface area contributed by atoms with Crippen molar-refractivity contribution in [3.63, 3.8) is 0 Å². The van der Waals surface area contributed by atoms with E-state index in [9.17, 15) is 19.5 Å². The molecule has 134 valence electrons. The van der Waals surface area contributed by atoms with Crippen LogP contribution in [0.2, 0.25) is 0 Å². The Morgan fingerprint density at radius 3 is 2.56 bits per heavy atom. The van der Waals surface area contributed by atoms with Gasteiger partial charge >= 0.3 is 11.9 Å². The van der Waals surface area contributed by atoms with Gasteiger partial charge in [0.25, 0.3) is 5.91 Å². The van der Waals surface area contributed by atoms with E-state index >= 15 is 0 Å². The fourth-order valence-corrected chi connectivity index (χ4v) is 2.78. The zero-order valence-electron chi connectivity index (χ0n) is 14.3. The van der Waals surface area contributed by atoms with Crippen molar-refractivity contribution in [3.8, 4) is 0 Å². The quantitative estimate of drug-likeness (QED) is 0.647. The molecule has 2 rings (SSSR count). The first-order chi connectivity index (χ1) is 11.8. The lowest BCUT2D eigenvalue weighted by Gasteiger charge is -2.17. The Labute approximate surface area is 144 Å². The number of esters is 1. The standard InChI is InChI=1S/C17H20N2O6/c1-9-6-10(2)13(11(7-9)16(22)23)18-14-12(17(24)25-3)8-19(4-5-20)15(14)21/h6-7,18,20H,4-5,8H2,1-3H3,(H,22,23). The average Bonchev–Trinajstić information content (AvgIpc) is 2.85. The van der Waals surface area contributed by atoms with Gasteiger partial charge in [-0.2, -0.15) is 0 Å². The van der Waals surface area contributed by atoms with Crippen LogP contribution in [0.5, 0.6) is 0 Å². The third kappa shape index (κ3) is 3.63. The summed E-state index contributed by atoms with van der Waals surface area (Å²) in [6.07, 6.45) is 0. The number of carboxylic acid groups (broad SMARTS) is 1. The number of β-amino-alcohol motifs (C(OH)–C–C–N with tert-alkyl or cyclic N) is 1. The second-order valence-electron chi connectivity index (χ2n) is 5.73. The number of aryl methyl sites for hydroxylation is 2. The Hall–Kier alpha value is -2.87. The molecule has 0 saturated carbocycles. The maximum Gasteiger partial charge on any atom is 0.337 e. The largest absolute Gasteiger partial charge is 0.478 e. The summed E-state index contributed by atoms with van der Waals surface area (Å²) in [6, 6.07) is 3.26. The van der Waals surface area contributed by atoms with Gasteiger partial charge in [-0.25, -0.2) is 9.59 Å². The molecular formula is C17H20N2O6. The fraction of sp³-hybridized carbons (Fsp3) is 0.353. The minimum atomic E-state index is -1.15. The molecule has 0 aliphatic carbocycles. The van der Waals surface area contributed by atoms with Crippen LogP contribution < -0.4 is 5.32 Å². The summed E-state index contributed by atoms with van der Waals surface area (Å²) in [6.45, 7) is 3.28. The van der Waals surface area contributed by atoms with Crippen molar-refractivity contribution in [1.29, 1.82) is 0 Å². The first kappa shape index (κ1) is 18.5. The van der Waals surface area contributed by atoms with Gasteiger partial charge in [-0.1, -0.05) is 6.07 Å². The molecule has 0 atom stereocenters. The number of aliphatic hydroxyl groups is 1. The van der Waals surface area contributed by atoms with E-state index in [-0.39, 0.29) is 42.2 Å². The van der Waals surface area contributed by atoms with Gasteiger partial charge in [0.15, 0.2) is 0 Å². The van der Waals surface area contributed by atoms with E-state index in [1.54, 1.807) is 19.9 Å². The van der Waals surface area contributed by atoms with Crippen LogP contribution in [0.1, 0.15) is 21.5 Å². The molecule has 8 nitrogen and oxygen atoms in total. The van der Waals surface area contributed by atoms with E-state index in [0.717, 1.165) is 5.56 Å². The monoisotopic (exact) mass is 348 g/mol. The first-order valence-corrected chi connectivity index (χ1v) is 7.63. The van der Waals surface area contributed by atoms with E-state index in [0.29, 0.717) is 5.56 Å². The van der Waals surface area contributed by atoms with Gasteiger partial charge in [0, 0.05) is 6.54 Å². The molecule has 3 N–H and O–H groups in total. The number of methoxy groups -OCH3 is 1. The lowest BCUT2D eigenvalue weighted by atomic mass is 10.0. The van der Waals surface area contributed by atoms with Crippen molar-refractivity contribution in [2.75, 3.05) is 32.1 Å². The molecule has 1 aromatic rings. The number of carbonyl (C=O) groups is 3. The van der Waals surface area contributed by atoms with Crippen LogP contribution in [0.25, 0.3) is 0 Å². The zero-order valence-corrected chi connectivity index (χ0v) is 14.3. The van der Waals surface area contributed by atoms with Crippen LogP contribution in [-0.4, -0.2) is 59.8 Å². The van der Waals surface area contributed by atoms with E-state index < -0.39 is 17.8 Å². The number of aliphatic hydroxyl groups excluding tert-OH is 1. The van der Waals surface area contributed by atoms with Crippen LogP contribution in [0.3, 0.4) is 0 Å². The summed E-state index contributed by atoms with van der Waals surface area (Å²) in [5.74, 6) is -2.32. The van der Waals surface area contributed by atoms with Gasteiger partial charge in [-0.15, -0.1) is 0 Å². The number of aromatic carboxylic acids is 1. The number of rotatable bonds is 6. The summed E-state index contributed by atoms with van der Waals surface area (Å²) < 4.78 is 4.71. The minimum absolute atomic E-state index is 0.00243. The molecule has 25 heavy (non-hydrogen) atoms. The molecule has 0 spiro atoms. The summed E-state index contributed by atoms with van der Waals surface area (Å²) >= 11 is 0. The van der Waals surface area contributed by atoms with E-state index in [4.69, 9.17) is 9.84 Å². The molecule has 1 amide bonds. The van der Waals surface area contributed by atoms with Gasteiger partial charge in [0.2, 0.25) is 0 Å². The molecule has 0 bridgehead atoms. The molecule has 1 aliphatic rings. The van der Waals surface area contributed by atoms with Crippen LogP contribution >= 0.6 is 0 Å². The van der Waals surface area contributed by atoms with Crippen molar-refractivity contribution in [3.05, 3.63) is 40.1 Å². The molecule has 1 aliphatic heterocycles. The number of hydrogen-bond donors (Lipinski definition) is 3. The third-order valence-electron chi connectivity index (χ3n) is 3.91. The van der Waals surface area contributed by atoms with Crippen molar-refractivity contribution in [1.82, 2.24) is 4.90 Å². The molecule has 1 aromatic carbocycles. The summed E-state index contributed by atoms with van der Waals surface area (Å²) in [7, 11) is 1.20. The minimum Gasteiger partial charge on any atom is -0.478 e. The van der Waals surface area contributed by atoms with Gasteiger partial charge in [0.1, 0.15) is 5.70 Å². The van der Waals surface area contributed by atoms with Gasteiger partial charge < -0.3 is 25.2 Å². The van der Waals surface area contributed by atoms with Crippen LogP contribution in [0.15, 0.2) is 23.4 Å². The smallest absolute Gasteiger partial charge is 0.337 e.